The summed E-state index contributed by atoms with van der Waals surface area (Å²) in [5.41, 5.74) is 7.20. The zero-order valence-corrected chi connectivity index (χ0v) is 12.1. The van der Waals surface area contributed by atoms with E-state index in [-0.39, 0.29) is 17.1 Å². The van der Waals surface area contributed by atoms with E-state index in [0.29, 0.717) is 11.4 Å². The van der Waals surface area contributed by atoms with Gasteiger partial charge in [-0.05, 0) is 36.4 Å². The topological polar surface area (TPSA) is 64.3 Å². The lowest BCUT2D eigenvalue weighted by Crippen LogP contribution is -2.23. The normalized spacial score (nSPS) is 10.2. The Labute approximate surface area is 126 Å². The summed E-state index contributed by atoms with van der Waals surface area (Å²) in [7, 11) is 1.53. The van der Waals surface area contributed by atoms with Crippen molar-refractivity contribution >= 4 is 23.2 Å². The fourth-order valence-corrected chi connectivity index (χ4v) is 1.97. The minimum atomic E-state index is -0.633. The zero-order valence-electron chi connectivity index (χ0n) is 11.3. The van der Waals surface area contributed by atoms with Crippen LogP contribution < -0.4 is 15.8 Å². The van der Waals surface area contributed by atoms with Crippen LogP contribution in [-0.4, -0.2) is 13.0 Å². The van der Waals surface area contributed by atoms with E-state index in [1.807, 2.05) is 0 Å². The standard InChI is InChI=1S/C15H14ClFN2O2/c1-21-14-5-3-11(18)6-10(14)8-19-15(20)9-2-4-12(16)13(17)7-9/h2-7H,8,18H2,1H3,(H,19,20). The molecule has 21 heavy (non-hydrogen) atoms. The summed E-state index contributed by atoms with van der Waals surface area (Å²) >= 11 is 5.58. The third kappa shape index (κ3) is 3.64. The molecule has 3 N–H and O–H groups in total. The molecule has 1 amide bonds. The maximum absolute atomic E-state index is 13.3. The summed E-state index contributed by atoms with van der Waals surface area (Å²) in [5.74, 6) is -0.423. The number of ether oxygens (including phenoxy) is 1. The number of carbonyl (C=O) groups is 1. The highest BCUT2D eigenvalue weighted by atomic mass is 35.5. The average molecular weight is 309 g/mol. The number of anilines is 1. The number of benzene rings is 2. The minimum Gasteiger partial charge on any atom is -0.496 e. The molecule has 0 aliphatic heterocycles. The molecular weight excluding hydrogens is 295 g/mol. The van der Waals surface area contributed by atoms with Gasteiger partial charge in [0.1, 0.15) is 11.6 Å². The first-order valence-electron chi connectivity index (χ1n) is 6.17. The van der Waals surface area contributed by atoms with Crippen molar-refractivity contribution in [2.24, 2.45) is 0 Å². The second kappa shape index (κ2) is 6.45. The summed E-state index contributed by atoms with van der Waals surface area (Å²) in [6.07, 6.45) is 0. The van der Waals surface area contributed by atoms with E-state index in [1.165, 1.54) is 19.2 Å². The van der Waals surface area contributed by atoms with Crippen molar-refractivity contribution in [2.75, 3.05) is 12.8 Å². The minimum absolute atomic E-state index is 0.0240. The molecular formula is C15H14ClFN2O2. The van der Waals surface area contributed by atoms with E-state index in [1.54, 1.807) is 18.2 Å². The van der Waals surface area contributed by atoms with Crippen LogP contribution in [0, 0.1) is 5.82 Å². The van der Waals surface area contributed by atoms with Gasteiger partial charge in [0, 0.05) is 23.4 Å². The quantitative estimate of drug-likeness (QED) is 0.853. The molecule has 0 spiro atoms. The average Bonchev–Trinajstić information content (AvgIpc) is 2.47. The molecule has 0 aliphatic carbocycles. The van der Waals surface area contributed by atoms with Crippen molar-refractivity contribution in [3.05, 3.63) is 58.4 Å². The summed E-state index contributed by atoms with van der Waals surface area (Å²) < 4.78 is 18.5. The van der Waals surface area contributed by atoms with E-state index in [9.17, 15) is 9.18 Å². The largest absolute Gasteiger partial charge is 0.496 e. The number of halogens is 2. The van der Waals surface area contributed by atoms with Gasteiger partial charge in [-0.1, -0.05) is 11.6 Å². The Hall–Kier alpha value is -2.27. The predicted molar refractivity (Wildman–Crippen MR) is 80.0 cm³/mol. The van der Waals surface area contributed by atoms with Crippen LogP contribution >= 0.6 is 11.6 Å². The van der Waals surface area contributed by atoms with Gasteiger partial charge in [0.2, 0.25) is 0 Å². The number of nitrogens with one attached hydrogen (secondary N) is 1. The van der Waals surface area contributed by atoms with Crippen LogP contribution in [0.3, 0.4) is 0 Å². The van der Waals surface area contributed by atoms with Crippen LogP contribution in [0.1, 0.15) is 15.9 Å². The first-order valence-corrected chi connectivity index (χ1v) is 6.54. The molecule has 4 nitrogen and oxygen atoms in total. The Bertz CT molecular complexity index is 677. The number of nitrogens with two attached hydrogens (primary N) is 1. The van der Waals surface area contributed by atoms with E-state index >= 15 is 0 Å². The van der Waals surface area contributed by atoms with E-state index in [4.69, 9.17) is 22.1 Å². The van der Waals surface area contributed by atoms with Crippen LogP contribution in [0.4, 0.5) is 10.1 Å². The fraction of sp³-hybridized carbons (Fsp3) is 0.133. The molecule has 2 aromatic rings. The smallest absolute Gasteiger partial charge is 0.251 e. The molecule has 0 fully saturated rings. The van der Waals surface area contributed by atoms with Gasteiger partial charge in [-0.25, -0.2) is 4.39 Å². The number of rotatable bonds is 4. The highest BCUT2D eigenvalue weighted by Gasteiger charge is 2.10. The van der Waals surface area contributed by atoms with E-state index < -0.39 is 11.7 Å². The highest BCUT2D eigenvalue weighted by molar-refractivity contribution is 6.30. The summed E-state index contributed by atoms with van der Waals surface area (Å²) in [6, 6.07) is 9.03. The van der Waals surface area contributed by atoms with Crippen LogP contribution in [0.15, 0.2) is 36.4 Å². The fourth-order valence-electron chi connectivity index (χ4n) is 1.85. The molecule has 0 aromatic heterocycles. The highest BCUT2D eigenvalue weighted by Crippen LogP contribution is 2.21. The van der Waals surface area contributed by atoms with Crippen molar-refractivity contribution < 1.29 is 13.9 Å². The van der Waals surface area contributed by atoms with Gasteiger partial charge < -0.3 is 15.8 Å². The molecule has 0 heterocycles. The second-order valence-corrected chi connectivity index (χ2v) is 4.79. The molecule has 0 aliphatic rings. The maximum Gasteiger partial charge on any atom is 0.251 e. The lowest BCUT2D eigenvalue weighted by atomic mass is 10.1. The number of hydrogen-bond donors (Lipinski definition) is 2. The summed E-state index contributed by atoms with van der Waals surface area (Å²) in [5, 5.41) is 2.66. The van der Waals surface area contributed by atoms with Gasteiger partial charge >= 0.3 is 0 Å². The number of nitrogen functional groups attached to an aromatic ring is 1. The van der Waals surface area contributed by atoms with Crippen LogP contribution in [-0.2, 0) is 6.54 Å². The first-order chi connectivity index (χ1) is 10.0. The zero-order chi connectivity index (χ0) is 15.4. The number of carbonyl (C=O) groups excluding carboxylic acids is 1. The lowest BCUT2D eigenvalue weighted by molar-refractivity contribution is 0.0950. The van der Waals surface area contributed by atoms with Gasteiger partial charge in [-0.3, -0.25) is 4.79 Å². The Kier molecular flexibility index (Phi) is 4.65. The molecule has 2 rings (SSSR count). The van der Waals surface area contributed by atoms with Crippen molar-refractivity contribution in [3.63, 3.8) is 0 Å². The molecule has 0 bridgehead atoms. The van der Waals surface area contributed by atoms with Crippen molar-refractivity contribution in [3.8, 4) is 5.75 Å². The Morgan fingerprint density at radius 1 is 1.33 bits per heavy atom. The van der Waals surface area contributed by atoms with Crippen LogP contribution in [0.25, 0.3) is 0 Å². The Morgan fingerprint density at radius 3 is 2.76 bits per heavy atom. The Balaban J connectivity index is 2.10. The molecule has 0 saturated carbocycles. The van der Waals surface area contributed by atoms with Crippen molar-refractivity contribution in [1.29, 1.82) is 0 Å². The molecule has 110 valence electrons. The van der Waals surface area contributed by atoms with Gasteiger partial charge in [0.05, 0.1) is 12.1 Å². The van der Waals surface area contributed by atoms with Gasteiger partial charge in [-0.2, -0.15) is 0 Å². The SMILES string of the molecule is COc1ccc(N)cc1CNC(=O)c1ccc(Cl)c(F)c1. The molecule has 0 unspecified atom stereocenters. The third-order valence-electron chi connectivity index (χ3n) is 2.93. The number of amides is 1. The molecule has 0 radical (unpaired) electrons. The molecule has 2 aromatic carbocycles. The second-order valence-electron chi connectivity index (χ2n) is 4.38. The van der Waals surface area contributed by atoms with Crippen molar-refractivity contribution in [1.82, 2.24) is 5.32 Å². The maximum atomic E-state index is 13.3. The van der Waals surface area contributed by atoms with Gasteiger partial charge in [-0.15, -0.1) is 0 Å². The monoisotopic (exact) mass is 308 g/mol. The van der Waals surface area contributed by atoms with Crippen LogP contribution in [0.2, 0.25) is 5.02 Å². The van der Waals surface area contributed by atoms with Crippen molar-refractivity contribution in [2.45, 2.75) is 6.54 Å². The molecule has 6 heteroatoms. The number of methoxy groups -OCH3 is 1. The van der Waals surface area contributed by atoms with Gasteiger partial charge in [0.25, 0.3) is 5.91 Å². The predicted octanol–water partition coefficient (Wildman–Crippen LogP) is 3.00. The summed E-state index contributed by atoms with van der Waals surface area (Å²) in [6.45, 7) is 0.220. The summed E-state index contributed by atoms with van der Waals surface area (Å²) in [4.78, 5) is 12.0. The van der Waals surface area contributed by atoms with Crippen LogP contribution in [0.5, 0.6) is 5.75 Å². The third-order valence-corrected chi connectivity index (χ3v) is 3.23. The Morgan fingerprint density at radius 2 is 2.10 bits per heavy atom. The molecule has 0 atom stereocenters. The molecule has 0 saturated heterocycles. The number of hydrogen-bond acceptors (Lipinski definition) is 3. The van der Waals surface area contributed by atoms with E-state index in [0.717, 1.165) is 11.6 Å². The first kappa shape index (κ1) is 15.1. The van der Waals surface area contributed by atoms with E-state index in [2.05, 4.69) is 5.32 Å². The van der Waals surface area contributed by atoms with Gasteiger partial charge in [0.15, 0.2) is 0 Å². The lowest BCUT2D eigenvalue weighted by Gasteiger charge is -2.11.